The van der Waals surface area contributed by atoms with Gasteiger partial charge in [0.15, 0.2) is 5.96 Å². The summed E-state index contributed by atoms with van der Waals surface area (Å²) in [6.45, 7) is 9.18. The number of benzene rings is 1. The van der Waals surface area contributed by atoms with E-state index in [9.17, 15) is 4.79 Å². The summed E-state index contributed by atoms with van der Waals surface area (Å²) in [5, 5.41) is 6.98. The number of rotatable bonds is 7. The van der Waals surface area contributed by atoms with Crippen LogP contribution >= 0.6 is 0 Å². The molecule has 2 aliphatic rings. The first-order valence-electron chi connectivity index (χ1n) is 11.5. The van der Waals surface area contributed by atoms with E-state index in [2.05, 4.69) is 35.8 Å². The van der Waals surface area contributed by atoms with Gasteiger partial charge in [-0.2, -0.15) is 0 Å². The van der Waals surface area contributed by atoms with Crippen molar-refractivity contribution in [1.82, 2.24) is 15.5 Å². The molecule has 6 heteroatoms. The van der Waals surface area contributed by atoms with E-state index in [1.807, 2.05) is 24.8 Å². The van der Waals surface area contributed by atoms with Gasteiger partial charge in [-0.05, 0) is 43.9 Å². The highest BCUT2D eigenvalue weighted by molar-refractivity contribution is 5.81. The number of amides is 1. The standard InChI is InChI=1S/C24H38N4O2/c1-5-25-23(27-20-11-14-28(16-20)22(29)18(2)3)26-17-24(12-6-7-13-24)19-9-8-10-21(15-19)30-4/h8-10,15,18,20H,5-7,11-14,16-17H2,1-4H3,(H2,25,26,27). The third-order valence-electron chi connectivity index (χ3n) is 6.46. The topological polar surface area (TPSA) is 66.0 Å². The van der Waals surface area contributed by atoms with Crippen LogP contribution in [0.2, 0.25) is 0 Å². The predicted molar refractivity (Wildman–Crippen MR) is 122 cm³/mol. The third-order valence-corrected chi connectivity index (χ3v) is 6.46. The first kappa shape index (κ1) is 22.4. The molecule has 1 atom stereocenters. The van der Waals surface area contributed by atoms with Crippen molar-refractivity contribution in [2.75, 3.05) is 33.3 Å². The molecular formula is C24H38N4O2. The van der Waals surface area contributed by atoms with Crippen molar-refractivity contribution in [2.45, 2.75) is 64.3 Å². The molecule has 1 unspecified atom stereocenters. The lowest BCUT2D eigenvalue weighted by Crippen LogP contribution is -2.46. The maximum Gasteiger partial charge on any atom is 0.225 e. The van der Waals surface area contributed by atoms with Crippen LogP contribution in [0.15, 0.2) is 29.3 Å². The van der Waals surface area contributed by atoms with E-state index in [0.717, 1.165) is 57.2 Å². The number of aliphatic imine (C=N–C) groups is 1. The molecule has 166 valence electrons. The Labute approximate surface area is 181 Å². The van der Waals surface area contributed by atoms with Gasteiger partial charge >= 0.3 is 0 Å². The number of hydrogen-bond acceptors (Lipinski definition) is 3. The monoisotopic (exact) mass is 414 g/mol. The van der Waals surface area contributed by atoms with Crippen LogP contribution < -0.4 is 15.4 Å². The van der Waals surface area contributed by atoms with E-state index >= 15 is 0 Å². The molecule has 1 aliphatic heterocycles. The molecule has 1 aromatic carbocycles. The molecule has 1 aliphatic carbocycles. The zero-order chi connectivity index (χ0) is 21.6. The Morgan fingerprint density at radius 2 is 2.10 bits per heavy atom. The molecule has 1 aromatic rings. The molecule has 0 radical (unpaired) electrons. The fraction of sp³-hybridized carbons (Fsp3) is 0.667. The highest BCUT2D eigenvalue weighted by Crippen LogP contribution is 2.42. The molecule has 2 fully saturated rings. The molecule has 1 amide bonds. The molecule has 1 saturated carbocycles. The van der Waals surface area contributed by atoms with Gasteiger partial charge in [0.1, 0.15) is 5.75 Å². The highest BCUT2D eigenvalue weighted by Gasteiger charge is 2.36. The number of carbonyl (C=O) groups excluding carboxylic acids is 1. The molecular weight excluding hydrogens is 376 g/mol. The second-order valence-electron chi connectivity index (χ2n) is 8.98. The van der Waals surface area contributed by atoms with E-state index < -0.39 is 0 Å². The lowest BCUT2D eigenvalue weighted by Gasteiger charge is -2.29. The normalized spacial score (nSPS) is 21.2. The maximum absolute atomic E-state index is 12.3. The second-order valence-corrected chi connectivity index (χ2v) is 8.98. The van der Waals surface area contributed by atoms with Gasteiger partial charge in [-0.1, -0.05) is 38.8 Å². The van der Waals surface area contributed by atoms with Gasteiger partial charge < -0.3 is 20.3 Å². The molecule has 1 saturated heterocycles. The minimum atomic E-state index is 0.0516. The summed E-state index contributed by atoms with van der Waals surface area (Å²) in [6, 6.07) is 8.73. The molecule has 0 bridgehead atoms. The zero-order valence-electron chi connectivity index (χ0n) is 19.0. The molecule has 2 N–H and O–H groups in total. The number of carbonyl (C=O) groups is 1. The first-order chi connectivity index (χ1) is 14.5. The van der Waals surface area contributed by atoms with E-state index in [1.165, 1.54) is 18.4 Å². The Hall–Kier alpha value is -2.24. The quantitative estimate of drug-likeness (QED) is 0.531. The summed E-state index contributed by atoms with van der Waals surface area (Å²) in [7, 11) is 1.72. The van der Waals surface area contributed by atoms with Crippen LogP contribution in [0.25, 0.3) is 0 Å². The number of likely N-dealkylation sites (tertiary alicyclic amines) is 1. The smallest absolute Gasteiger partial charge is 0.225 e. The van der Waals surface area contributed by atoms with Crippen LogP contribution in [0.1, 0.15) is 58.4 Å². The summed E-state index contributed by atoms with van der Waals surface area (Å²) in [5.74, 6) is 2.06. The predicted octanol–water partition coefficient (Wildman–Crippen LogP) is 3.32. The summed E-state index contributed by atoms with van der Waals surface area (Å²) < 4.78 is 5.47. The SMILES string of the molecule is CCNC(=NCC1(c2cccc(OC)c2)CCCC1)NC1CCN(C(=O)C(C)C)C1. The minimum absolute atomic E-state index is 0.0516. The summed E-state index contributed by atoms with van der Waals surface area (Å²) in [5.41, 5.74) is 1.40. The molecule has 3 rings (SSSR count). The van der Waals surface area contributed by atoms with Gasteiger partial charge in [-0.3, -0.25) is 9.79 Å². The molecule has 6 nitrogen and oxygen atoms in total. The maximum atomic E-state index is 12.3. The van der Waals surface area contributed by atoms with Gasteiger partial charge in [-0.25, -0.2) is 0 Å². The molecule has 0 aromatic heterocycles. The Balaban J connectivity index is 1.70. The Morgan fingerprint density at radius 1 is 1.33 bits per heavy atom. The Morgan fingerprint density at radius 3 is 2.77 bits per heavy atom. The van der Waals surface area contributed by atoms with Crippen molar-refractivity contribution in [2.24, 2.45) is 10.9 Å². The van der Waals surface area contributed by atoms with E-state index in [-0.39, 0.29) is 23.3 Å². The lowest BCUT2D eigenvalue weighted by atomic mass is 9.79. The third kappa shape index (κ3) is 5.27. The second kappa shape index (κ2) is 10.2. The fourth-order valence-electron chi connectivity index (χ4n) is 4.73. The van der Waals surface area contributed by atoms with Crippen molar-refractivity contribution in [3.8, 4) is 5.75 Å². The summed E-state index contributed by atoms with van der Waals surface area (Å²) in [6.07, 6.45) is 5.76. The number of guanidine groups is 1. The average molecular weight is 415 g/mol. The number of hydrogen-bond donors (Lipinski definition) is 2. The van der Waals surface area contributed by atoms with Gasteiger partial charge in [0, 0.05) is 37.0 Å². The van der Waals surface area contributed by atoms with Crippen LogP contribution in [0.5, 0.6) is 5.75 Å². The van der Waals surface area contributed by atoms with Crippen LogP contribution in [0.3, 0.4) is 0 Å². The molecule has 0 spiro atoms. The lowest BCUT2D eigenvalue weighted by molar-refractivity contribution is -0.133. The Bertz CT molecular complexity index is 740. The number of nitrogens with zero attached hydrogens (tertiary/aromatic N) is 2. The van der Waals surface area contributed by atoms with Crippen molar-refractivity contribution in [3.63, 3.8) is 0 Å². The number of methoxy groups -OCH3 is 1. The van der Waals surface area contributed by atoms with Crippen molar-refractivity contribution < 1.29 is 9.53 Å². The highest BCUT2D eigenvalue weighted by atomic mass is 16.5. The molecule has 1 heterocycles. The average Bonchev–Trinajstić information content (AvgIpc) is 3.42. The van der Waals surface area contributed by atoms with Crippen LogP contribution in [-0.2, 0) is 10.2 Å². The van der Waals surface area contributed by atoms with Crippen LogP contribution in [-0.4, -0.2) is 56.1 Å². The van der Waals surface area contributed by atoms with E-state index in [1.54, 1.807) is 7.11 Å². The fourth-order valence-corrected chi connectivity index (χ4v) is 4.73. The number of nitrogens with one attached hydrogen (secondary N) is 2. The minimum Gasteiger partial charge on any atom is -0.497 e. The van der Waals surface area contributed by atoms with Crippen molar-refractivity contribution in [3.05, 3.63) is 29.8 Å². The van der Waals surface area contributed by atoms with E-state index in [0.29, 0.717) is 0 Å². The van der Waals surface area contributed by atoms with Crippen LogP contribution in [0.4, 0.5) is 0 Å². The van der Waals surface area contributed by atoms with Crippen molar-refractivity contribution in [1.29, 1.82) is 0 Å². The van der Waals surface area contributed by atoms with Crippen molar-refractivity contribution >= 4 is 11.9 Å². The van der Waals surface area contributed by atoms with Gasteiger partial charge in [-0.15, -0.1) is 0 Å². The summed E-state index contributed by atoms with van der Waals surface area (Å²) >= 11 is 0. The largest absolute Gasteiger partial charge is 0.497 e. The van der Waals surface area contributed by atoms with Gasteiger partial charge in [0.05, 0.1) is 13.7 Å². The van der Waals surface area contributed by atoms with Gasteiger partial charge in [0.2, 0.25) is 5.91 Å². The zero-order valence-corrected chi connectivity index (χ0v) is 19.0. The first-order valence-corrected chi connectivity index (χ1v) is 11.5. The Kier molecular flexibility index (Phi) is 7.62. The van der Waals surface area contributed by atoms with E-state index in [4.69, 9.17) is 9.73 Å². The van der Waals surface area contributed by atoms with Crippen LogP contribution in [0, 0.1) is 5.92 Å². The summed E-state index contributed by atoms with van der Waals surface area (Å²) in [4.78, 5) is 19.3. The number of ether oxygens (including phenoxy) is 1. The van der Waals surface area contributed by atoms with Gasteiger partial charge in [0.25, 0.3) is 0 Å². The molecule has 30 heavy (non-hydrogen) atoms.